The van der Waals surface area contributed by atoms with Crippen LogP contribution in [-0.4, -0.2) is 72.7 Å². The summed E-state index contributed by atoms with van der Waals surface area (Å²) in [6, 6.07) is 9.61. The van der Waals surface area contributed by atoms with Crippen molar-refractivity contribution in [1.29, 1.82) is 0 Å². The quantitative estimate of drug-likeness (QED) is 0.413. The number of benzene rings is 1. The number of nitrogens with zero attached hydrogens (tertiary/aromatic N) is 9. The van der Waals surface area contributed by atoms with Gasteiger partial charge in [0.1, 0.15) is 35.2 Å². The van der Waals surface area contributed by atoms with Crippen molar-refractivity contribution in [2.45, 2.75) is 6.92 Å². The summed E-state index contributed by atoms with van der Waals surface area (Å²) in [6.45, 7) is 5.75. The predicted octanol–water partition coefficient (Wildman–Crippen LogP) is 3.06. The molecule has 35 heavy (non-hydrogen) atoms. The first-order valence-corrected chi connectivity index (χ1v) is 11.4. The Hall–Kier alpha value is -4.38. The fourth-order valence-corrected chi connectivity index (χ4v) is 4.06. The molecular weight excluding hydrogens is 444 g/mol. The Bertz CT molecular complexity index is 1510. The van der Waals surface area contributed by atoms with Crippen molar-refractivity contribution in [2.75, 3.05) is 43.4 Å². The van der Waals surface area contributed by atoms with Crippen LogP contribution in [0, 0.1) is 6.92 Å². The number of likely N-dealkylation sites (N-methyl/N-ethyl adjacent to an activating group) is 1. The molecule has 11 nitrogen and oxygen atoms in total. The van der Waals surface area contributed by atoms with E-state index in [2.05, 4.69) is 47.2 Å². The highest BCUT2D eigenvalue weighted by atomic mass is 16.5. The number of hydrogen-bond donors (Lipinski definition) is 1. The molecule has 0 amide bonds. The molecule has 0 atom stereocenters. The third-order valence-corrected chi connectivity index (χ3v) is 6.07. The fourth-order valence-electron chi connectivity index (χ4n) is 4.06. The van der Waals surface area contributed by atoms with Gasteiger partial charge in [0, 0.05) is 44.1 Å². The second-order valence-corrected chi connectivity index (χ2v) is 8.55. The monoisotopic (exact) mass is 468 g/mol. The zero-order valence-corrected chi connectivity index (χ0v) is 19.5. The minimum Gasteiger partial charge on any atom is -0.457 e. The Kier molecular flexibility index (Phi) is 5.30. The molecule has 1 aromatic carbocycles. The van der Waals surface area contributed by atoms with Gasteiger partial charge in [0.25, 0.3) is 0 Å². The Morgan fingerprint density at radius 3 is 2.69 bits per heavy atom. The van der Waals surface area contributed by atoms with Crippen LogP contribution in [0.5, 0.6) is 11.5 Å². The lowest BCUT2D eigenvalue weighted by atomic mass is 10.2. The van der Waals surface area contributed by atoms with Gasteiger partial charge < -0.3 is 19.9 Å². The molecule has 0 radical (unpaired) electrons. The van der Waals surface area contributed by atoms with Crippen molar-refractivity contribution in [3.63, 3.8) is 0 Å². The highest BCUT2D eigenvalue weighted by Crippen LogP contribution is 2.30. The number of aromatic nitrogens is 7. The van der Waals surface area contributed by atoms with Crippen LogP contribution in [0.2, 0.25) is 0 Å². The van der Waals surface area contributed by atoms with E-state index in [-0.39, 0.29) is 0 Å². The van der Waals surface area contributed by atoms with Crippen LogP contribution in [-0.2, 0) is 0 Å². The summed E-state index contributed by atoms with van der Waals surface area (Å²) in [5.74, 6) is 2.79. The summed E-state index contributed by atoms with van der Waals surface area (Å²) in [5, 5.41) is 7.50. The Morgan fingerprint density at radius 2 is 1.83 bits per heavy atom. The topological polar surface area (TPSA) is 109 Å². The van der Waals surface area contributed by atoms with Gasteiger partial charge >= 0.3 is 0 Å². The maximum Gasteiger partial charge on any atom is 0.226 e. The molecule has 11 heteroatoms. The van der Waals surface area contributed by atoms with Crippen LogP contribution in [0.1, 0.15) is 5.56 Å². The zero-order valence-electron chi connectivity index (χ0n) is 19.5. The first-order valence-electron chi connectivity index (χ1n) is 11.4. The third-order valence-electron chi connectivity index (χ3n) is 6.07. The van der Waals surface area contributed by atoms with Crippen molar-refractivity contribution < 1.29 is 4.74 Å². The van der Waals surface area contributed by atoms with Gasteiger partial charge in [-0.05, 0) is 43.8 Å². The summed E-state index contributed by atoms with van der Waals surface area (Å²) < 4.78 is 7.78. The van der Waals surface area contributed by atoms with Gasteiger partial charge in [-0.1, -0.05) is 0 Å². The van der Waals surface area contributed by atoms with Crippen molar-refractivity contribution in [1.82, 2.24) is 39.4 Å². The number of piperazine rings is 1. The number of anilines is 3. The van der Waals surface area contributed by atoms with Crippen molar-refractivity contribution >= 4 is 34.1 Å². The number of fused-ring (bicyclic) bond motifs is 2. The first kappa shape index (κ1) is 21.2. The minimum absolute atomic E-state index is 0.637. The zero-order chi connectivity index (χ0) is 23.8. The highest BCUT2D eigenvalue weighted by Gasteiger charge is 2.18. The SMILES string of the molecule is Cc1cc(Nc2ncnc3cnc(N4CCN(C)CC4)nc23)ccc1Oc1ccn2ncnc2c1. The van der Waals surface area contributed by atoms with Gasteiger partial charge in [0.15, 0.2) is 11.5 Å². The maximum absolute atomic E-state index is 6.09. The van der Waals surface area contributed by atoms with E-state index in [1.165, 1.54) is 12.7 Å². The standard InChI is InChI=1S/C24H24N10O/c1-16-11-17(3-4-20(16)35-18-5-6-34-21(12-18)27-15-29-34)30-23-22-19(26-14-28-23)13-25-24(31-22)33-9-7-32(2)8-10-33/h3-6,11-15H,7-10H2,1-2H3,(H,26,28,30). The van der Waals surface area contributed by atoms with E-state index in [9.17, 15) is 0 Å². The van der Waals surface area contributed by atoms with E-state index in [4.69, 9.17) is 9.72 Å². The number of ether oxygens (including phenoxy) is 1. The first-order chi connectivity index (χ1) is 17.1. The molecule has 1 fully saturated rings. The smallest absolute Gasteiger partial charge is 0.226 e. The lowest BCUT2D eigenvalue weighted by molar-refractivity contribution is 0.311. The molecule has 5 heterocycles. The molecule has 1 aliphatic heterocycles. The largest absolute Gasteiger partial charge is 0.457 e. The summed E-state index contributed by atoms with van der Waals surface area (Å²) >= 11 is 0. The van der Waals surface area contributed by atoms with E-state index in [0.29, 0.717) is 28.5 Å². The van der Waals surface area contributed by atoms with Gasteiger partial charge in [0.2, 0.25) is 5.95 Å². The molecule has 0 spiro atoms. The second kappa shape index (κ2) is 8.76. The van der Waals surface area contributed by atoms with E-state index in [0.717, 1.165) is 48.8 Å². The molecule has 6 rings (SSSR count). The highest BCUT2D eigenvalue weighted by molar-refractivity contribution is 5.87. The van der Waals surface area contributed by atoms with E-state index >= 15 is 0 Å². The normalized spacial score (nSPS) is 14.5. The van der Waals surface area contributed by atoms with E-state index in [1.54, 1.807) is 10.7 Å². The van der Waals surface area contributed by atoms with Gasteiger partial charge in [-0.15, -0.1) is 0 Å². The van der Waals surface area contributed by atoms with Crippen LogP contribution < -0.4 is 15.0 Å². The van der Waals surface area contributed by atoms with Gasteiger partial charge in [-0.25, -0.2) is 29.4 Å². The number of aryl methyl sites for hydroxylation is 1. The van der Waals surface area contributed by atoms with Gasteiger partial charge in [0.05, 0.1) is 6.20 Å². The van der Waals surface area contributed by atoms with Crippen LogP contribution in [0.4, 0.5) is 17.5 Å². The van der Waals surface area contributed by atoms with E-state index < -0.39 is 0 Å². The minimum atomic E-state index is 0.637. The molecule has 4 aromatic heterocycles. The lowest BCUT2D eigenvalue weighted by Gasteiger charge is -2.32. The molecule has 1 saturated heterocycles. The molecule has 1 N–H and O–H groups in total. The van der Waals surface area contributed by atoms with Crippen LogP contribution >= 0.6 is 0 Å². The average Bonchev–Trinajstić information content (AvgIpc) is 3.34. The Labute approximate surface area is 201 Å². The Morgan fingerprint density at radius 1 is 0.943 bits per heavy atom. The molecule has 176 valence electrons. The van der Waals surface area contributed by atoms with Crippen LogP contribution in [0.25, 0.3) is 16.7 Å². The van der Waals surface area contributed by atoms with Crippen molar-refractivity contribution in [2.24, 2.45) is 0 Å². The number of pyridine rings is 1. The summed E-state index contributed by atoms with van der Waals surface area (Å²) in [7, 11) is 2.13. The number of hydrogen-bond acceptors (Lipinski definition) is 10. The third kappa shape index (κ3) is 4.28. The van der Waals surface area contributed by atoms with Crippen molar-refractivity contribution in [3.8, 4) is 11.5 Å². The van der Waals surface area contributed by atoms with Gasteiger partial charge in [-0.2, -0.15) is 5.10 Å². The molecule has 5 aromatic rings. The molecule has 0 saturated carbocycles. The number of rotatable bonds is 5. The Balaban J connectivity index is 1.24. The molecule has 1 aliphatic rings. The molecule has 0 aliphatic carbocycles. The summed E-state index contributed by atoms with van der Waals surface area (Å²) in [4.78, 5) is 26.8. The summed E-state index contributed by atoms with van der Waals surface area (Å²) in [6.07, 6.45) is 6.62. The molecule has 0 bridgehead atoms. The number of nitrogens with one attached hydrogen (secondary N) is 1. The lowest BCUT2D eigenvalue weighted by Crippen LogP contribution is -2.45. The van der Waals surface area contributed by atoms with Crippen molar-refractivity contribution in [3.05, 3.63) is 60.9 Å². The average molecular weight is 469 g/mol. The fraction of sp³-hybridized carbons (Fsp3) is 0.250. The van der Waals surface area contributed by atoms with Crippen LogP contribution in [0.15, 0.2) is 55.4 Å². The van der Waals surface area contributed by atoms with Gasteiger partial charge in [-0.3, -0.25) is 0 Å². The maximum atomic E-state index is 6.09. The molecular formula is C24H24N10O. The van der Waals surface area contributed by atoms with Crippen LogP contribution in [0.3, 0.4) is 0 Å². The summed E-state index contributed by atoms with van der Waals surface area (Å²) in [5.41, 5.74) is 3.97. The predicted molar refractivity (Wildman–Crippen MR) is 132 cm³/mol. The molecule has 0 unspecified atom stereocenters. The second-order valence-electron chi connectivity index (χ2n) is 8.55. The van der Waals surface area contributed by atoms with E-state index in [1.807, 2.05) is 43.5 Å².